The van der Waals surface area contributed by atoms with Crippen molar-refractivity contribution in [1.82, 2.24) is 5.32 Å². The third-order valence-electron chi connectivity index (χ3n) is 4.10. The lowest BCUT2D eigenvalue weighted by Crippen LogP contribution is -2.40. The molecule has 3 aromatic carbocycles. The quantitative estimate of drug-likeness (QED) is 0.683. The molecule has 1 N–H and O–H groups in total. The fourth-order valence-electron chi connectivity index (χ4n) is 2.71. The molecule has 132 valence electrons. The minimum atomic E-state index is -0.254. The first kappa shape index (κ1) is 17.7. The van der Waals surface area contributed by atoms with Gasteiger partial charge in [0.15, 0.2) is 0 Å². The van der Waals surface area contributed by atoms with E-state index in [0.29, 0.717) is 19.5 Å². The molecule has 0 fully saturated rings. The van der Waals surface area contributed by atoms with E-state index < -0.39 is 0 Å². The standard InChI is InChI=1S/C22H21FN2O/c23-20-13-11-18(12-14-20)15-16-24-22(26)25(21-9-5-2-6-10-21)17-19-7-3-1-4-8-19/h1-14H,15-17H2,(H,24,26). The van der Waals surface area contributed by atoms with Gasteiger partial charge in [0.25, 0.3) is 0 Å². The molecule has 26 heavy (non-hydrogen) atoms. The number of carbonyl (C=O) groups excluding carboxylic acids is 1. The third-order valence-corrected chi connectivity index (χ3v) is 4.10. The first-order chi connectivity index (χ1) is 12.7. The lowest BCUT2D eigenvalue weighted by Gasteiger charge is -2.23. The number of nitrogens with one attached hydrogen (secondary N) is 1. The lowest BCUT2D eigenvalue weighted by molar-refractivity contribution is 0.246. The summed E-state index contributed by atoms with van der Waals surface area (Å²) in [6, 6.07) is 25.7. The summed E-state index contributed by atoms with van der Waals surface area (Å²) < 4.78 is 13.0. The summed E-state index contributed by atoms with van der Waals surface area (Å²) in [6.07, 6.45) is 0.653. The second kappa shape index (κ2) is 8.81. The Balaban J connectivity index is 1.65. The van der Waals surface area contributed by atoms with Crippen molar-refractivity contribution in [3.63, 3.8) is 0 Å². The van der Waals surface area contributed by atoms with Crippen molar-refractivity contribution in [2.45, 2.75) is 13.0 Å². The molecule has 3 nitrogen and oxygen atoms in total. The molecule has 0 aliphatic carbocycles. The molecule has 0 radical (unpaired) electrons. The van der Waals surface area contributed by atoms with Crippen LogP contribution in [0.4, 0.5) is 14.9 Å². The molecular weight excluding hydrogens is 327 g/mol. The van der Waals surface area contributed by atoms with Crippen molar-refractivity contribution >= 4 is 11.7 Å². The summed E-state index contributed by atoms with van der Waals surface area (Å²) in [7, 11) is 0. The number of nitrogens with zero attached hydrogens (tertiary/aromatic N) is 1. The van der Waals surface area contributed by atoms with Crippen LogP contribution in [-0.4, -0.2) is 12.6 Å². The first-order valence-corrected chi connectivity index (χ1v) is 8.61. The Kier molecular flexibility index (Phi) is 5.99. The minimum absolute atomic E-state index is 0.151. The maximum Gasteiger partial charge on any atom is 0.322 e. The van der Waals surface area contributed by atoms with E-state index in [1.54, 1.807) is 17.0 Å². The summed E-state index contributed by atoms with van der Waals surface area (Å²) in [4.78, 5) is 14.5. The molecule has 0 unspecified atom stereocenters. The van der Waals surface area contributed by atoms with E-state index in [1.807, 2.05) is 60.7 Å². The highest BCUT2D eigenvalue weighted by molar-refractivity contribution is 5.91. The van der Waals surface area contributed by atoms with E-state index in [9.17, 15) is 9.18 Å². The van der Waals surface area contributed by atoms with Crippen LogP contribution in [0.2, 0.25) is 0 Å². The van der Waals surface area contributed by atoms with Crippen LogP contribution in [0.5, 0.6) is 0 Å². The number of benzene rings is 3. The molecular formula is C22H21FN2O. The van der Waals surface area contributed by atoms with Gasteiger partial charge in [0.2, 0.25) is 0 Å². The number of urea groups is 1. The molecule has 0 spiro atoms. The third kappa shape index (κ3) is 4.93. The van der Waals surface area contributed by atoms with E-state index in [-0.39, 0.29) is 11.8 Å². The average molecular weight is 348 g/mol. The Morgan fingerprint density at radius 2 is 1.42 bits per heavy atom. The summed E-state index contributed by atoms with van der Waals surface area (Å²) >= 11 is 0. The Hall–Kier alpha value is -3.14. The Labute approximate surface area is 153 Å². The van der Waals surface area contributed by atoms with Crippen molar-refractivity contribution in [3.8, 4) is 0 Å². The molecule has 3 rings (SSSR count). The largest absolute Gasteiger partial charge is 0.337 e. The van der Waals surface area contributed by atoms with E-state index in [4.69, 9.17) is 0 Å². The van der Waals surface area contributed by atoms with Gasteiger partial charge in [0.1, 0.15) is 5.82 Å². The van der Waals surface area contributed by atoms with Crippen molar-refractivity contribution in [2.75, 3.05) is 11.4 Å². The smallest absolute Gasteiger partial charge is 0.322 e. The topological polar surface area (TPSA) is 32.3 Å². The van der Waals surface area contributed by atoms with Gasteiger partial charge in [-0.3, -0.25) is 4.90 Å². The summed E-state index contributed by atoms with van der Waals surface area (Å²) in [5.74, 6) is -0.254. The highest BCUT2D eigenvalue weighted by Gasteiger charge is 2.15. The summed E-state index contributed by atoms with van der Waals surface area (Å²) in [5.41, 5.74) is 2.89. The number of halogens is 1. The summed E-state index contributed by atoms with van der Waals surface area (Å²) in [5, 5.41) is 2.96. The van der Waals surface area contributed by atoms with Gasteiger partial charge in [-0.25, -0.2) is 9.18 Å². The number of hydrogen-bond donors (Lipinski definition) is 1. The average Bonchev–Trinajstić information content (AvgIpc) is 2.69. The fraction of sp³-hybridized carbons (Fsp3) is 0.136. The predicted molar refractivity (Wildman–Crippen MR) is 103 cm³/mol. The zero-order chi connectivity index (χ0) is 18.2. The molecule has 0 atom stereocenters. The zero-order valence-corrected chi connectivity index (χ0v) is 14.4. The van der Waals surface area contributed by atoms with Gasteiger partial charge >= 0.3 is 6.03 Å². The fourth-order valence-corrected chi connectivity index (χ4v) is 2.71. The van der Waals surface area contributed by atoms with Crippen LogP contribution in [0.25, 0.3) is 0 Å². The van der Waals surface area contributed by atoms with Gasteiger partial charge in [-0.1, -0.05) is 60.7 Å². The number of amides is 2. The van der Waals surface area contributed by atoms with Crippen LogP contribution < -0.4 is 10.2 Å². The molecule has 0 saturated carbocycles. The van der Waals surface area contributed by atoms with Crippen molar-refractivity contribution < 1.29 is 9.18 Å². The molecule has 0 bridgehead atoms. The van der Waals surface area contributed by atoms with E-state index in [1.165, 1.54) is 12.1 Å². The zero-order valence-electron chi connectivity index (χ0n) is 14.4. The maximum atomic E-state index is 13.0. The number of hydrogen-bond acceptors (Lipinski definition) is 1. The highest BCUT2D eigenvalue weighted by atomic mass is 19.1. The Bertz CT molecular complexity index is 820. The molecule has 0 aromatic heterocycles. The van der Waals surface area contributed by atoms with Gasteiger partial charge in [0, 0.05) is 12.2 Å². The Morgan fingerprint density at radius 3 is 2.08 bits per heavy atom. The second-order valence-electron chi connectivity index (χ2n) is 6.02. The van der Waals surface area contributed by atoms with Crippen molar-refractivity contribution in [3.05, 3.63) is 102 Å². The van der Waals surface area contributed by atoms with E-state index >= 15 is 0 Å². The van der Waals surface area contributed by atoms with Crippen LogP contribution >= 0.6 is 0 Å². The monoisotopic (exact) mass is 348 g/mol. The number of para-hydroxylation sites is 1. The number of rotatable bonds is 6. The van der Waals surface area contributed by atoms with Crippen LogP contribution in [0.1, 0.15) is 11.1 Å². The van der Waals surface area contributed by atoms with E-state index in [2.05, 4.69) is 5.32 Å². The molecule has 0 aliphatic rings. The SMILES string of the molecule is O=C(NCCc1ccc(F)cc1)N(Cc1ccccc1)c1ccccc1. The molecule has 0 aliphatic heterocycles. The Morgan fingerprint density at radius 1 is 0.808 bits per heavy atom. The van der Waals surface area contributed by atoms with Crippen LogP contribution in [0, 0.1) is 5.82 Å². The van der Waals surface area contributed by atoms with Gasteiger partial charge in [-0.05, 0) is 41.8 Å². The number of carbonyl (C=O) groups is 1. The molecule has 0 saturated heterocycles. The van der Waals surface area contributed by atoms with Gasteiger partial charge in [0.05, 0.1) is 6.54 Å². The molecule has 2 amide bonds. The van der Waals surface area contributed by atoms with Gasteiger partial charge < -0.3 is 5.32 Å². The van der Waals surface area contributed by atoms with Crippen LogP contribution in [0.3, 0.4) is 0 Å². The van der Waals surface area contributed by atoms with Crippen molar-refractivity contribution in [2.24, 2.45) is 0 Å². The number of anilines is 1. The molecule has 3 aromatic rings. The normalized spacial score (nSPS) is 10.3. The second-order valence-corrected chi connectivity index (χ2v) is 6.02. The molecule has 0 heterocycles. The van der Waals surface area contributed by atoms with Crippen LogP contribution in [0.15, 0.2) is 84.9 Å². The van der Waals surface area contributed by atoms with E-state index in [0.717, 1.165) is 16.8 Å². The maximum absolute atomic E-state index is 13.0. The van der Waals surface area contributed by atoms with Gasteiger partial charge in [-0.2, -0.15) is 0 Å². The van der Waals surface area contributed by atoms with Gasteiger partial charge in [-0.15, -0.1) is 0 Å². The lowest BCUT2D eigenvalue weighted by atomic mass is 10.1. The molecule has 4 heteroatoms. The first-order valence-electron chi connectivity index (χ1n) is 8.61. The summed E-state index contributed by atoms with van der Waals surface area (Å²) in [6.45, 7) is 0.982. The predicted octanol–water partition coefficient (Wildman–Crippen LogP) is 4.78. The van der Waals surface area contributed by atoms with Crippen molar-refractivity contribution in [1.29, 1.82) is 0 Å². The highest BCUT2D eigenvalue weighted by Crippen LogP contribution is 2.17. The minimum Gasteiger partial charge on any atom is -0.337 e. The van der Waals surface area contributed by atoms with Crippen LogP contribution in [-0.2, 0) is 13.0 Å².